The number of methoxy groups -OCH3 is 1. The SMILES string of the molecule is COc1ccc2ncn(Cc3c(F)cccc3F)c(=O)c2c1. The Labute approximate surface area is 124 Å². The molecule has 0 fully saturated rings. The standard InChI is InChI=1S/C16H12F2N2O2/c1-22-10-5-6-15-11(7-10)16(21)20(9-19-15)8-12-13(17)3-2-4-14(12)18/h2-7,9H,8H2,1H3. The van der Waals surface area contributed by atoms with Crippen LogP contribution in [-0.2, 0) is 6.54 Å². The summed E-state index contributed by atoms with van der Waals surface area (Å²) in [4.78, 5) is 16.6. The van der Waals surface area contributed by atoms with Crippen molar-refractivity contribution in [1.82, 2.24) is 9.55 Å². The molecular formula is C16H12F2N2O2. The first kappa shape index (κ1) is 14.2. The number of fused-ring (bicyclic) bond motifs is 1. The lowest BCUT2D eigenvalue weighted by atomic mass is 10.2. The minimum Gasteiger partial charge on any atom is -0.497 e. The molecule has 0 saturated carbocycles. The maximum absolute atomic E-state index is 13.7. The second-order valence-corrected chi connectivity index (χ2v) is 4.76. The largest absolute Gasteiger partial charge is 0.497 e. The Balaban J connectivity index is 2.12. The second-order valence-electron chi connectivity index (χ2n) is 4.76. The molecule has 0 saturated heterocycles. The molecule has 4 nitrogen and oxygen atoms in total. The monoisotopic (exact) mass is 302 g/mol. The summed E-state index contributed by atoms with van der Waals surface area (Å²) < 4.78 is 33.7. The highest BCUT2D eigenvalue weighted by atomic mass is 19.1. The van der Waals surface area contributed by atoms with Crippen LogP contribution in [0.15, 0.2) is 47.5 Å². The van der Waals surface area contributed by atoms with Crippen molar-refractivity contribution in [3.05, 3.63) is 70.3 Å². The van der Waals surface area contributed by atoms with Crippen LogP contribution in [0.25, 0.3) is 10.9 Å². The van der Waals surface area contributed by atoms with Crippen molar-refractivity contribution in [2.24, 2.45) is 0 Å². The first-order valence-electron chi connectivity index (χ1n) is 6.56. The fourth-order valence-corrected chi connectivity index (χ4v) is 2.23. The van der Waals surface area contributed by atoms with Crippen LogP contribution in [0, 0.1) is 11.6 Å². The Kier molecular flexibility index (Phi) is 3.58. The van der Waals surface area contributed by atoms with Crippen LogP contribution in [0.3, 0.4) is 0 Å². The van der Waals surface area contributed by atoms with Crippen LogP contribution in [0.2, 0.25) is 0 Å². The van der Waals surface area contributed by atoms with Crippen molar-refractivity contribution in [1.29, 1.82) is 0 Å². The number of halogens is 2. The maximum Gasteiger partial charge on any atom is 0.261 e. The smallest absolute Gasteiger partial charge is 0.261 e. The van der Waals surface area contributed by atoms with E-state index < -0.39 is 11.6 Å². The molecule has 3 aromatic rings. The van der Waals surface area contributed by atoms with E-state index in [1.165, 1.54) is 24.1 Å². The number of aromatic nitrogens is 2. The number of hydrogen-bond acceptors (Lipinski definition) is 3. The highest BCUT2D eigenvalue weighted by molar-refractivity contribution is 5.78. The van der Waals surface area contributed by atoms with E-state index in [-0.39, 0.29) is 17.7 Å². The van der Waals surface area contributed by atoms with Crippen LogP contribution in [0.1, 0.15) is 5.56 Å². The number of benzene rings is 2. The Hall–Kier alpha value is -2.76. The summed E-state index contributed by atoms with van der Waals surface area (Å²) in [6, 6.07) is 8.49. The van der Waals surface area contributed by atoms with Gasteiger partial charge in [-0.15, -0.1) is 0 Å². The molecular weight excluding hydrogens is 290 g/mol. The molecule has 0 radical (unpaired) electrons. The van der Waals surface area contributed by atoms with Crippen LogP contribution in [0.4, 0.5) is 8.78 Å². The van der Waals surface area contributed by atoms with E-state index >= 15 is 0 Å². The van der Waals surface area contributed by atoms with Gasteiger partial charge >= 0.3 is 0 Å². The lowest BCUT2D eigenvalue weighted by molar-refractivity contribution is 0.415. The number of rotatable bonds is 3. The molecule has 22 heavy (non-hydrogen) atoms. The zero-order valence-electron chi connectivity index (χ0n) is 11.7. The van der Waals surface area contributed by atoms with Crippen molar-refractivity contribution >= 4 is 10.9 Å². The quantitative estimate of drug-likeness (QED) is 0.747. The molecule has 1 aromatic heterocycles. The number of nitrogens with zero attached hydrogens (tertiary/aromatic N) is 2. The fraction of sp³-hybridized carbons (Fsp3) is 0.125. The van der Waals surface area contributed by atoms with Crippen molar-refractivity contribution in [2.75, 3.05) is 7.11 Å². The van der Waals surface area contributed by atoms with E-state index in [0.29, 0.717) is 16.7 Å². The van der Waals surface area contributed by atoms with E-state index in [9.17, 15) is 13.6 Å². The summed E-state index contributed by atoms with van der Waals surface area (Å²) in [6.07, 6.45) is 1.28. The van der Waals surface area contributed by atoms with Crippen LogP contribution < -0.4 is 10.3 Å². The van der Waals surface area contributed by atoms with Gasteiger partial charge in [-0.25, -0.2) is 13.8 Å². The molecule has 0 amide bonds. The van der Waals surface area contributed by atoms with Crippen LogP contribution in [0.5, 0.6) is 5.75 Å². The number of ether oxygens (including phenoxy) is 1. The van der Waals surface area contributed by atoms with Gasteiger partial charge in [0.2, 0.25) is 0 Å². The summed E-state index contributed by atoms with van der Waals surface area (Å²) in [5, 5.41) is 0.332. The van der Waals surface area contributed by atoms with Crippen molar-refractivity contribution in [3.63, 3.8) is 0 Å². The van der Waals surface area contributed by atoms with Crippen LogP contribution >= 0.6 is 0 Å². The van der Waals surface area contributed by atoms with Crippen LogP contribution in [-0.4, -0.2) is 16.7 Å². The molecule has 2 aromatic carbocycles. The minimum absolute atomic E-state index is 0.173. The molecule has 0 aliphatic rings. The van der Waals surface area contributed by atoms with Crippen molar-refractivity contribution < 1.29 is 13.5 Å². The molecule has 3 rings (SSSR count). The van der Waals surface area contributed by atoms with E-state index in [2.05, 4.69) is 4.98 Å². The molecule has 0 aliphatic heterocycles. The molecule has 6 heteroatoms. The average Bonchev–Trinajstić information content (AvgIpc) is 2.53. The zero-order valence-corrected chi connectivity index (χ0v) is 11.7. The highest BCUT2D eigenvalue weighted by Gasteiger charge is 2.12. The lowest BCUT2D eigenvalue weighted by Gasteiger charge is -2.09. The molecule has 0 unspecified atom stereocenters. The lowest BCUT2D eigenvalue weighted by Crippen LogP contribution is -2.22. The second kappa shape index (κ2) is 5.55. The molecule has 0 spiro atoms. The molecule has 0 atom stereocenters. The number of hydrogen-bond donors (Lipinski definition) is 0. The summed E-state index contributed by atoms with van der Waals surface area (Å²) in [5.74, 6) is -0.878. The van der Waals surface area contributed by atoms with Gasteiger partial charge in [0.25, 0.3) is 5.56 Å². The molecule has 0 bridgehead atoms. The minimum atomic E-state index is -0.697. The van der Waals surface area contributed by atoms with E-state index in [1.807, 2.05) is 0 Å². The predicted octanol–water partition coefficient (Wildman–Crippen LogP) is 2.73. The van der Waals surface area contributed by atoms with Gasteiger partial charge in [0, 0.05) is 5.56 Å². The summed E-state index contributed by atoms with van der Waals surface area (Å²) >= 11 is 0. The third kappa shape index (κ3) is 2.43. The maximum atomic E-state index is 13.7. The van der Waals surface area contributed by atoms with E-state index in [4.69, 9.17) is 4.74 Å². The van der Waals surface area contributed by atoms with Gasteiger partial charge in [0.15, 0.2) is 0 Å². The Morgan fingerprint density at radius 1 is 1.18 bits per heavy atom. The first-order chi connectivity index (χ1) is 10.6. The molecule has 112 valence electrons. The van der Waals surface area contributed by atoms with Crippen molar-refractivity contribution in [3.8, 4) is 5.75 Å². The van der Waals surface area contributed by atoms with Gasteiger partial charge in [-0.05, 0) is 30.3 Å². The average molecular weight is 302 g/mol. The summed E-state index contributed by atoms with van der Waals surface area (Å²) in [7, 11) is 1.49. The first-order valence-corrected chi connectivity index (χ1v) is 6.56. The van der Waals surface area contributed by atoms with E-state index in [1.54, 1.807) is 18.2 Å². The van der Waals surface area contributed by atoms with Gasteiger partial charge in [0.05, 0.1) is 30.9 Å². The Bertz CT molecular complexity index is 886. The predicted molar refractivity (Wildman–Crippen MR) is 78.0 cm³/mol. The summed E-state index contributed by atoms with van der Waals surface area (Å²) in [6.45, 7) is -0.225. The fourth-order valence-electron chi connectivity index (χ4n) is 2.23. The van der Waals surface area contributed by atoms with Gasteiger partial charge in [-0.1, -0.05) is 6.07 Å². The zero-order chi connectivity index (χ0) is 15.7. The van der Waals surface area contributed by atoms with Crippen molar-refractivity contribution in [2.45, 2.75) is 6.54 Å². The molecule has 1 heterocycles. The van der Waals surface area contributed by atoms with Gasteiger partial charge in [-0.2, -0.15) is 0 Å². The molecule has 0 N–H and O–H groups in total. The Morgan fingerprint density at radius 2 is 1.91 bits per heavy atom. The highest BCUT2D eigenvalue weighted by Crippen LogP contribution is 2.17. The van der Waals surface area contributed by atoms with Gasteiger partial charge in [0.1, 0.15) is 17.4 Å². The summed E-state index contributed by atoms with van der Waals surface area (Å²) in [5.41, 5.74) is -0.0590. The third-order valence-electron chi connectivity index (χ3n) is 3.42. The molecule has 0 aliphatic carbocycles. The normalized spacial score (nSPS) is 10.9. The van der Waals surface area contributed by atoms with E-state index in [0.717, 1.165) is 12.1 Å². The van der Waals surface area contributed by atoms with Gasteiger partial charge < -0.3 is 4.74 Å². The van der Waals surface area contributed by atoms with Gasteiger partial charge in [-0.3, -0.25) is 9.36 Å². The topological polar surface area (TPSA) is 44.1 Å². The third-order valence-corrected chi connectivity index (χ3v) is 3.42. The Morgan fingerprint density at radius 3 is 2.59 bits per heavy atom.